The van der Waals surface area contributed by atoms with E-state index >= 15 is 0 Å². The maximum atomic E-state index is 13.7. The van der Waals surface area contributed by atoms with Crippen molar-refractivity contribution in [2.75, 3.05) is 6.61 Å². The molecule has 0 saturated carbocycles. The third kappa shape index (κ3) is 4.13. The molecule has 0 atom stereocenters. The van der Waals surface area contributed by atoms with Gasteiger partial charge in [-0.2, -0.15) is 0 Å². The van der Waals surface area contributed by atoms with Gasteiger partial charge >= 0.3 is 5.97 Å². The first-order chi connectivity index (χ1) is 17.5. The van der Waals surface area contributed by atoms with Crippen molar-refractivity contribution in [2.24, 2.45) is 4.99 Å². The van der Waals surface area contributed by atoms with E-state index in [0.717, 1.165) is 53.8 Å². The van der Waals surface area contributed by atoms with Gasteiger partial charge in [-0.1, -0.05) is 43.3 Å². The van der Waals surface area contributed by atoms with Crippen molar-refractivity contribution in [3.8, 4) is 10.9 Å². The number of rotatable bonds is 6. The molecule has 0 saturated heterocycles. The molecular formula is C29H28N2O4S. The number of esters is 1. The van der Waals surface area contributed by atoms with Gasteiger partial charge in [-0.25, -0.2) is 9.36 Å². The summed E-state index contributed by atoms with van der Waals surface area (Å²) in [5.41, 5.74) is 3.27. The maximum absolute atomic E-state index is 13.7. The minimum atomic E-state index is -0.460. The molecule has 36 heavy (non-hydrogen) atoms. The summed E-state index contributed by atoms with van der Waals surface area (Å²) in [5, 5.41) is 13.0. The van der Waals surface area contributed by atoms with Crippen molar-refractivity contribution in [3.63, 3.8) is 0 Å². The standard InChI is InChI=1S/C29H28N2O4S/c1-3-18-11-5-9-15-23(18)30-17-22-19-12-6-7-13-20(19)26(32)31(27(22)33)28-25(29(34)35-4-2)21-14-8-10-16-24(21)36-28/h5-7,9,11-13,15,17,33H,3-4,8,10,14,16H2,1-2H3. The lowest BCUT2D eigenvalue weighted by Crippen LogP contribution is -2.22. The summed E-state index contributed by atoms with van der Waals surface area (Å²) >= 11 is 1.39. The lowest BCUT2D eigenvalue weighted by molar-refractivity contribution is 0.0525. The number of benzene rings is 2. The predicted molar refractivity (Wildman–Crippen MR) is 145 cm³/mol. The van der Waals surface area contributed by atoms with Crippen LogP contribution in [-0.2, 0) is 24.0 Å². The smallest absolute Gasteiger partial charge is 0.341 e. The molecule has 0 radical (unpaired) electrons. The fraction of sp³-hybridized carbons (Fsp3) is 0.276. The van der Waals surface area contributed by atoms with Gasteiger partial charge < -0.3 is 9.84 Å². The van der Waals surface area contributed by atoms with Crippen molar-refractivity contribution in [1.82, 2.24) is 4.57 Å². The summed E-state index contributed by atoms with van der Waals surface area (Å²) in [7, 11) is 0. The molecule has 6 nitrogen and oxygen atoms in total. The molecule has 184 valence electrons. The molecular weight excluding hydrogens is 472 g/mol. The van der Waals surface area contributed by atoms with Gasteiger partial charge in [-0.3, -0.25) is 9.79 Å². The van der Waals surface area contributed by atoms with Crippen LogP contribution in [0.4, 0.5) is 5.69 Å². The van der Waals surface area contributed by atoms with E-state index in [2.05, 4.69) is 11.9 Å². The molecule has 4 aromatic rings. The second-order valence-corrected chi connectivity index (χ2v) is 9.86. The number of carbonyl (C=O) groups is 1. The first-order valence-electron chi connectivity index (χ1n) is 12.4. The van der Waals surface area contributed by atoms with Gasteiger partial charge in [-0.05, 0) is 62.3 Å². The molecule has 2 aromatic heterocycles. The summed E-state index contributed by atoms with van der Waals surface area (Å²) in [6.07, 6.45) is 6.04. The summed E-state index contributed by atoms with van der Waals surface area (Å²) in [6, 6.07) is 15.0. The number of aliphatic imine (C=N–C) groups is 1. The van der Waals surface area contributed by atoms with Gasteiger partial charge in [0.05, 0.1) is 23.4 Å². The summed E-state index contributed by atoms with van der Waals surface area (Å²) in [5.74, 6) is -0.695. The minimum absolute atomic E-state index is 0.232. The molecule has 0 unspecified atom stereocenters. The van der Waals surface area contributed by atoms with Crippen LogP contribution < -0.4 is 5.56 Å². The van der Waals surface area contributed by atoms with E-state index in [-0.39, 0.29) is 18.0 Å². The van der Waals surface area contributed by atoms with Crippen molar-refractivity contribution in [3.05, 3.63) is 86.0 Å². The van der Waals surface area contributed by atoms with Gasteiger partial charge in [0.2, 0.25) is 5.88 Å². The van der Waals surface area contributed by atoms with Crippen molar-refractivity contribution in [2.45, 2.75) is 46.0 Å². The Morgan fingerprint density at radius 2 is 1.81 bits per heavy atom. The lowest BCUT2D eigenvalue weighted by Gasteiger charge is -2.15. The Morgan fingerprint density at radius 1 is 1.08 bits per heavy atom. The van der Waals surface area contributed by atoms with Crippen LogP contribution in [0.15, 0.2) is 58.3 Å². The largest absolute Gasteiger partial charge is 0.494 e. The van der Waals surface area contributed by atoms with Crippen LogP contribution in [0.3, 0.4) is 0 Å². The number of ether oxygens (including phenoxy) is 1. The van der Waals surface area contributed by atoms with E-state index in [1.165, 1.54) is 15.9 Å². The van der Waals surface area contributed by atoms with Gasteiger partial charge in [0.15, 0.2) is 0 Å². The normalized spacial score (nSPS) is 13.3. The predicted octanol–water partition coefficient (Wildman–Crippen LogP) is 6.13. The molecule has 2 aromatic carbocycles. The second kappa shape index (κ2) is 10.1. The maximum Gasteiger partial charge on any atom is 0.341 e. The summed E-state index contributed by atoms with van der Waals surface area (Å²) in [6.45, 7) is 4.06. The molecule has 0 spiro atoms. The van der Waals surface area contributed by atoms with Crippen LogP contribution in [0, 0.1) is 0 Å². The van der Waals surface area contributed by atoms with E-state index in [0.29, 0.717) is 26.9 Å². The Balaban J connectivity index is 1.78. The Kier molecular flexibility index (Phi) is 6.74. The quantitative estimate of drug-likeness (QED) is 0.255. The zero-order valence-electron chi connectivity index (χ0n) is 20.4. The van der Waals surface area contributed by atoms with Gasteiger partial charge in [0.1, 0.15) is 5.00 Å². The fourth-order valence-electron chi connectivity index (χ4n) is 4.87. The Morgan fingerprint density at radius 3 is 2.58 bits per heavy atom. The van der Waals surface area contributed by atoms with Crippen molar-refractivity contribution < 1.29 is 14.6 Å². The van der Waals surface area contributed by atoms with Crippen LogP contribution in [0.25, 0.3) is 15.8 Å². The van der Waals surface area contributed by atoms with E-state index < -0.39 is 5.97 Å². The fourth-order valence-corrected chi connectivity index (χ4v) is 6.25. The molecule has 1 aliphatic rings. The van der Waals surface area contributed by atoms with Gasteiger partial charge in [0, 0.05) is 21.9 Å². The van der Waals surface area contributed by atoms with E-state index in [9.17, 15) is 14.7 Å². The third-order valence-corrected chi connectivity index (χ3v) is 7.92. The van der Waals surface area contributed by atoms with Crippen LogP contribution in [0.5, 0.6) is 5.88 Å². The highest BCUT2D eigenvalue weighted by molar-refractivity contribution is 7.15. The number of carbonyl (C=O) groups excluding carboxylic acids is 1. The number of fused-ring (bicyclic) bond motifs is 2. The van der Waals surface area contributed by atoms with Gasteiger partial charge in [0.25, 0.3) is 5.56 Å². The summed E-state index contributed by atoms with van der Waals surface area (Å²) < 4.78 is 6.66. The van der Waals surface area contributed by atoms with E-state index in [1.807, 2.05) is 30.3 Å². The molecule has 0 fully saturated rings. The SMILES string of the molecule is CCOC(=O)c1c(-n2c(O)c(C=Nc3ccccc3CC)c3ccccc3c2=O)sc2c1CCCC2. The summed E-state index contributed by atoms with van der Waals surface area (Å²) in [4.78, 5) is 32.6. The number of pyridine rings is 1. The molecule has 0 amide bonds. The Hall–Kier alpha value is -3.71. The highest BCUT2D eigenvalue weighted by atomic mass is 32.1. The number of aryl methyl sites for hydroxylation is 2. The number of nitrogens with zero attached hydrogens (tertiary/aromatic N) is 2. The van der Waals surface area contributed by atoms with E-state index in [4.69, 9.17) is 4.74 Å². The zero-order valence-corrected chi connectivity index (χ0v) is 21.2. The van der Waals surface area contributed by atoms with Crippen molar-refractivity contribution in [1.29, 1.82) is 0 Å². The minimum Gasteiger partial charge on any atom is -0.494 e. The Labute approximate surface area is 213 Å². The zero-order chi connectivity index (χ0) is 25.2. The first-order valence-corrected chi connectivity index (χ1v) is 13.2. The van der Waals surface area contributed by atoms with Gasteiger partial charge in [-0.15, -0.1) is 11.3 Å². The van der Waals surface area contributed by atoms with Crippen LogP contribution in [-0.4, -0.2) is 28.5 Å². The molecule has 0 bridgehead atoms. The molecule has 7 heteroatoms. The number of aromatic nitrogens is 1. The van der Waals surface area contributed by atoms with Crippen LogP contribution in [0.2, 0.25) is 0 Å². The highest BCUT2D eigenvalue weighted by Crippen LogP contribution is 2.39. The van der Waals surface area contributed by atoms with Crippen LogP contribution in [0.1, 0.15) is 58.6 Å². The molecule has 0 aliphatic heterocycles. The Bertz CT molecular complexity index is 1550. The molecule has 5 rings (SSSR count). The monoisotopic (exact) mass is 500 g/mol. The molecule has 1 aliphatic carbocycles. The third-order valence-electron chi connectivity index (χ3n) is 6.64. The van der Waals surface area contributed by atoms with Crippen molar-refractivity contribution >= 4 is 40.0 Å². The number of para-hydroxylation sites is 1. The average Bonchev–Trinajstić information content (AvgIpc) is 3.28. The topological polar surface area (TPSA) is 80.9 Å². The number of aromatic hydroxyl groups is 1. The highest BCUT2D eigenvalue weighted by Gasteiger charge is 2.30. The van der Waals surface area contributed by atoms with Crippen LogP contribution >= 0.6 is 11.3 Å². The molecule has 1 N–H and O–H groups in total. The lowest BCUT2D eigenvalue weighted by atomic mass is 9.95. The number of hydrogen-bond acceptors (Lipinski definition) is 6. The number of hydrogen-bond donors (Lipinski definition) is 1. The van der Waals surface area contributed by atoms with E-state index in [1.54, 1.807) is 31.3 Å². The average molecular weight is 501 g/mol. The molecule has 2 heterocycles. The first kappa shape index (κ1) is 24.0. The second-order valence-electron chi connectivity index (χ2n) is 8.78. The number of thiophene rings is 1.